The van der Waals surface area contributed by atoms with Crippen LogP contribution in [-0.2, 0) is 11.2 Å². The first kappa shape index (κ1) is 20.4. The number of ether oxygens (including phenoxy) is 1. The van der Waals surface area contributed by atoms with Gasteiger partial charge in [-0.1, -0.05) is 24.1 Å². The molecule has 1 aromatic heterocycles. The third-order valence-corrected chi connectivity index (χ3v) is 5.63. The van der Waals surface area contributed by atoms with Crippen LogP contribution in [0.4, 0.5) is 0 Å². The lowest BCUT2D eigenvalue weighted by atomic mass is 9.67. The lowest BCUT2D eigenvalue weighted by molar-refractivity contribution is 0.0732. The highest BCUT2D eigenvalue weighted by molar-refractivity contribution is 5.79. The van der Waals surface area contributed by atoms with Crippen molar-refractivity contribution >= 4 is 5.96 Å². The molecule has 28 heavy (non-hydrogen) atoms. The Morgan fingerprint density at radius 1 is 1.25 bits per heavy atom. The molecule has 1 aliphatic carbocycles. The number of nitrogens with one attached hydrogen (secondary N) is 2. The molecule has 152 valence electrons. The van der Waals surface area contributed by atoms with E-state index < -0.39 is 0 Å². The second-order valence-electron chi connectivity index (χ2n) is 7.71. The van der Waals surface area contributed by atoms with Gasteiger partial charge in [0.25, 0.3) is 0 Å². The Kier molecular flexibility index (Phi) is 7.09. The summed E-state index contributed by atoms with van der Waals surface area (Å²) in [5, 5.41) is 6.86. The maximum absolute atomic E-state index is 5.63. The summed E-state index contributed by atoms with van der Waals surface area (Å²) in [4.78, 5) is 8.93. The number of nitrogens with zero attached hydrogens (tertiary/aromatic N) is 2. The molecule has 0 radical (unpaired) electrons. The largest absolute Gasteiger partial charge is 0.444 e. The van der Waals surface area contributed by atoms with E-state index in [1.807, 2.05) is 19.2 Å². The van der Waals surface area contributed by atoms with Crippen LogP contribution in [0.15, 0.2) is 39.9 Å². The molecule has 1 fully saturated rings. The third kappa shape index (κ3) is 5.35. The van der Waals surface area contributed by atoms with E-state index >= 15 is 0 Å². The standard InChI is InChI=1S/C22H32N4O2/c1-17-5-7-18(8-6-17)20-26-19(15-28-20)9-13-24-21(23-2)25-16-22(10-4-11-22)12-14-27-3/h5-8,15H,4,9-14,16H2,1-3H3,(H2,23,24,25). The number of guanidine groups is 1. The minimum Gasteiger partial charge on any atom is -0.444 e. The van der Waals surface area contributed by atoms with E-state index in [-0.39, 0.29) is 0 Å². The van der Waals surface area contributed by atoms with E-state index in [9.17, 15) is 0 Å². The maximum atomic E-state index is 5.63. The molecule has 0 aliphatic heterocycles. The molecule has 1 aromatic carbocycles. The Morgan fingerprint density at radius 2 is 2.04 bits per heavy atom. The smallest absolute Gasteiger partial charge is 0.226 e. The van der Waals surface area contributed by atoms with E-state index in [2.05, 4.69) is 39.7 Å². The number of benzene rings is 1. The van der Waals surface area contributed by atoms with Gasteiger partial charge in [0.1, 0.15) is 6.26 Å². The van der Waals surface area contributed by atoms with Crippen LogP contribution in [0.2, 0.25) is 0 Å². The Balaban J connectivity index is 1.44. The topological polar surface area (TPSA) is 71.7 Å². The predicted octanol–water partition coefficient (Wildman–Crippen LogP) is 3.56. The number of aliphatic imine (C=N–C) groups is 1. The van der Waals surface area contributed by atoms with Gasteiger partial charge in [0.05, 0.1) is 5.69 Å². The molecular formula is C22H32N4O2. The number of hydrogen-bond acceptors (Lipinski definition) is 4. The highest BCUT2D eigenvalue weighted by atomic mass is 16.5. The Hall–Kier alpha value is -2.34. The number of methoxy groups -OCH3 is 1. The number of rotatable bonds is 9. The van der Waals surface area contributed by atoms with E-state index in [4.69, 9.17) is 9.15 Å². The van der Waals surface area contributed by atoms with Gasteiger partial charge in [0.15, 0.2) is 5.96 Å². The second-order valence-corrected chi connectivity index (χ2v) is 7.71. The SMILES string of the molecule is CN=C(NCCc1coc(-c2ccc(C)cc2)n1)NCC1(CCOC)CCC1. The summed E-state index contributed by atoms with van der Waals surface area (Å²) >= 11 is 0. The van der Waals surface area contributed by atoms with Gasteiger partial charge in [-0.2, -0.15) is 0 Å². The fraction of sp³-hybridized carbons (Fsp3) is 0.545. The predicted molar refractivity (Wildman–Crippen MR) is 113 cm³/mol. The van der Waals surface area contributed by atoms with Crippen LogP contribution in [0.1, 0.15) is 36.9 Å². The lowest BCUT2D eigenvalue weighted by Crippen LogP contribution is -2.47. The molecule has 0 bridgehead atoms. The van der Waals surface area contributed by atoms with Crippen molar-refractivity contribution in [3.8, 4) is 11.5 Å². The van der Waals surface area contributed by atoms with Crippen molar-refractivity contribution in [1.82, 2.24) is 15.6 Å². The molecule has 1 heterocycles. The summed E-state index contributed by atoms with van der Waals surface area (Å²) in [6.07, 6.45) is 7.47. The normalized spacial score (nSPS) is 15.9. The molecule has 6 heteroatoms. The van der Waals surface area contributed by atoms with Gasteiger partial charge < -0.3 is 19.8 Å². The molecule has 0 atom stereocenters. The van der Waals surface area contributed by atoms with Crippen LogP contribution in [-0.4, -0.2) is 44.8 Å². The number of aromatic nitrogens is 1. The van der Waals surface area contributed by atoms with E-state index in [0.29, 0.717) is 11.3 Å². The molecule has 0 amide bonds. The van der Waals surface area contributed by atoms with Crippen molar-refractivity contribution in [1.29, 1.82) is 0 Å². The lowest BCUT2D eigenvalue weighted by Gasteiger charge is -2.42. The Morgan fingerprint density at radius 3 is 2.68 bits per heavy atom. The van der Waals surface area contributed by atoms with Crippen molar-refractivity contribution in [3.63, 3.8) is 0 Å². The van der Waals surface area contributed by atoms with Crippen molar-refractivity contribution in [3.05, 3.63) is 41.8 Å². The molecule has 2 N–H and O–H groups in total. The zero-order valence-corrected chi connectivity index (χ0v) is 17.3. The summed E-state index contributed by atoms with van der Waals surface area (Å²) in [6.45, 7) is 4.59. The van der Waals surface area contributed by atoms with Gasteiger partial charge in [-0.05, 0) is 43.7 Å². The van der Waals surface area contributed by atoms with Crippen molar-refractivity contribution < 1.29 is 9.15 Å². The zero-order chi connectivity index (χ0) is 19.8. The van der Waals surface area contributed by atoms with Gasteiger partial charge in [0, 0.05) is 45.8 Å². The molecule has 1 aliphatic rings. The number of aryl methyl sites for hydroxylation is 1. The Labute approximate surface area is 167 Å². The minimum absolute atomic E-state index is 0.364. The van der Waals surface area contributed by atoms with E-state index in [0.717, 1.165) is 49.8 Å². The average Bonchev–Trinajstić information content (AvgIpc) is 3.14. The van der Waals surface area contributed by atoms with Crippen LogP contribution in [0.5, 0.6) is 0 Å². The first-order valence-corrected chi connectivity index (χ1v) is 10.1. The number of oxazole rings is 1. The monoisotopic (exact) mass is 384 g/mol. The van der Waals surface area contributed by atoms with Gasteiger partial charge in [-0.25, -0.2) is 4.98 Å². The first-order valence-electron chi connectivity index (χ1n) is 10.1. The summed E-state index contributed by atoms with van der Waals surface area (Å²) in [5.41, 5.74) is 3.53. The van der Waals surface area contributed by atoms with Crippen LogP contribution in [0.3, 0.4) is 0 Å². The second kappa shape index (κ2) is 9.73. The van der Waals surface area contributed by atoms with Crippen LogP contribution in [0, 0.1) is 12.3 Å². The summed E-state index contributed by atoms with van der Waals surface area (Å²) in [5.74, 6) is 1.51. The van der Waals surface area contributed by atoms with Gasteiger partial charge in [-0.15, -0.1) is 0 Å². The molecule has 3 rings (SSSR count). The van der Waals surface area contributed by atoms with Crippen LogP contribution < -0.4 is 10.6 Å². The van der Waals surface area contributed by atoms with Crippen LogP contribution >= 0.6 is 0 Å². The van der Waals surface area contributed by atoms with Crippen molar-refractivity contribution in [2.75, 3.05) is 33.9 Å². The Bertz CT molecular complexity index is 763. The number of hydrogen-bond donors (Lipinski definition) is 2. The van der Waals surface area contributed by atoms with E-state index in [1.165, 1.54) is 24.8 Å². The molecule has 6 nitrogen and oxygen atoms in total. The molecule has 2 aromatic rings. The third-order valence-electron chi connectivity index (χ3n) is 5.63. The quantitative estimate of drug-likeness (QED) is 0.511. The van der Waals surface area contributed by atoms with Gasteiger partial charge in [0.2, 0.25) is 5.89 Å². The molecule has 0 spiro atoms. The molecule has 0 unspecified atom stereocenters. The highest BCUT2D eigenvalue weighted by Crippen LogP contribution is 2.43. The average molecular weight is 385 g/mol. The first-order chi connectivity index (χ1) is 13.6. The molecule has 1 saturated carbocycles. The zero-order valence-electron chi connectivity index (χ0n) is 17.3. The highest BCUT2D eigenvalue weighted by Gasteiger charge is 2.36. The fourth-order valence-electron chi connectivity index (χ4n) is 3.56. The summed E-state index contributed by atoms with van der Waals surface area (Å²) in [7, 11) is 3.58. The molecular weight excluding hydrogens is 352 g/mol. The van der Waals surface area contributed by atoms with Crippen molar-refractivity contribution in [2.45, 2.75) is 39.0 Å². The summed E-state index contributed by atoms with van der Waals surface area (Å²) < 4.78 is 10.9. The maximum Gasteiger partial charge on any atom is 0.226 e. The van der Waals surface area contributed by atoms with Gasteiger partial charge in [-0.3, -0.25) is 4.99 Å². The molecule has 0 saturated heterocycles. The van der Waals surface area contributed by atoms with Crippen molar-refractivity contribution in [2.24, 2.45) is 10.4 Å². The van der Waals surface area contributed by atoms with E-state index in [1.54, 1.807) is 13.4 Å². The van der Waals surface area contributed by atoms with Crippen LogP contribution in [0.25, 0.3) is 11.5 Å². The van der Waals surface area contributed by atoms with Gasteiger partial charge >= 0.3 is 0 Å². The minimum atomic E-state index is 0.364. The summed E-state index contributed by atoms with van der Waals surface area (Å²) in [6, 6.07) is 8.21. The fourth-order valence-corrected chi connectivity index (χ4v) is 3.56.